The molecule has 2 aromatic carbocycles. The molecule has 0 aliphatic carbocycles. The van der Waals surface area contributed by atoms with Gasteiger partial charge in [-0.25, -0.2) is 0 Å². The van der Waals surface area contributed by atoms with Crippen molar-refractivity contribution in [1.82, 2.24) is 0 Å². The minimum absolute atomic E-state index is 0.0871. The number of allylic oxidation sites excluding steroid dienone is 1. The molecule has 118 valence electrons. The number of benzene rings is 2. The van der Waals surface area contributed by atoms with Crippen LogP contribution >= 0.6 is 0 Å². The van der Waals surface area contributed by atoms with Gasteiger partial charge in [0.2, 0.25) is 5.78 Å². The highest BCUT2D eigenvalue weighted by atomic mass is 16.5. The molecule has 0 atom stereocenters. The van der Waals surface area contributed by atoms with E-state index in [0.29, 0.717) is 35.3 Å². The van der Waals surface area contributed by atoms with Crippen molar-refractivity contribution in [3.63, 3.8) is 0 Å². The Morgan fingerprint density at radius 3 is 2.52 bits per heavy atom. The summed E-state index contributed by atoms with van der Waals surface area (Å²) >= 11 is 0. The lowest BCUT2D eigenvalue weighted by Crippen LogP contribution is -1.98. The average molecular weight is 308 g/mol. The van der Waals surface area contributed by atoms with E-state index in [1.807, 2.05) is 19.1 Å². The van der Waals surface area contributed by atoms with Gasteiger partial charge in [0.15, 0.2) is 5.76 Å². The first-order chi connectivity index (χ1) is 11.1. The zero-order valence-corrected chi connectivity index (χ0v) is 13.6. The maximum Gasteiger partial charge on any atom is 0.231 e. The van der Waals surface area contributed by atoms with Crippen LogP contribution in [0.15, 0.2) is 48.2 Å². The van der Waals surface area contributed by atoms with E-state index in [-0.39, 0.29) is 5.78 Å². The van der Waals surface area contributed by atoms with Crippen molar-refractivity contribution in [2.75, 3.05) is 6.61 Å². The highest BCUT2D eigenvalue weighted by molar-refractivity contribution is 6.14. The van der Waals surface area contributed by atoms with Gasteiger partial charge in [-0.05, 0) is 42.2 Å². The standard InChI is InChI=1S/C20H20O3/c1-4-22-16-9-10-17-18(12-16)23-19(20(17)21)11-14-5-7-15(8-6-14)13(2)3/h5-13H,4H2,1-3H3/b19-11-. The highest BCUT2D eigenvalue weighted by Crippen LogP contribution is 2.34. The predicted octanol–water partition coefficient (Wildman–Crippen LogP) is 4.82. The Hall–Kier alpha value is -2.55. The fourth-order valence-electron chi connectivity index (χ4n) is 2.55. The zero-order chi connectivity index (χ0) is 16.4. The maximum atomic E-state index is 12.4. The molecular weight excluding hydrogens is 288 g/mol. The fraction of sp³-hybridized carbons (Fsp3) is 0.250. The lowest BCUT2D eigenvalue weighted by Gasteiger charge is -2.05. The minimum Gasteiger partial charge on any atom is -0.494 e. The quantitative estimate of drug-likeness (QED) is 0.759. The second-order valence-electron chi connectivity index (χ2n) is 5.85. The van der Waals surface area contributed by atoms with Crippen molar-refractivity contribution in [2.24, 2.45) is 0 Å². The summed E-state index contributed by atoms with van der Waals surface area (Å²) in [7, 11) is 0. The largest absolute Gasteiger partial charge is 0.494 e. The summed E-state index contributed by atoms with van der Waals surface area (Å²) in [4.78, 5) is 12.4. The van der Waals surface area contributed by atoms with Crippen molar-refractivity contribution in [2.45, 2.75) is 26.7 Å². The summed E-state index contributed by atoms with van der Waals surface area (Å²) in [5, 5.41) is 0. The van der Waals surface area contributed by atoms with Gasteiger partial charge in [-0.1, -0.05) is 38.1 Å². The molecular formula is C20H20O3. The summed E-state index contributed by atoms with van der Waals surface area (Å²) < 4.78 is 11.2. The molecule has 3 heteroatoms. The predicted molar refractivity (Wildman–Crippen MR) is 91.1 cm³/mol. The number of carbonyl (C=O) groups is 1. The van der Waals surface area contributed by atoms with Gasteiger partial charge in [-0.2, -0.15) is 0 Å². The number of Topliss-reactive ketones (excluding diaryl/α,β-unsaturated/α-hetero) is 1. The summed E-state index contributed by atoms with van der Waals surface area (Å²) in [6.07, 6.45) is 1.78. The van der Waals surface area contributed by atoms with Gasteiger partial charge in [0.1, 0.15) is 11.5 Å². The van der Waals surface area contributed by atoms with Crippen molar-refractivity contribution in [3.8, 4) is 11.5 Å². The Morgan fingerprint density at radius 2 is 1.87 bits per heavy atom. The van der Waals surface area contributed by atoms with E-state index in [0.717, 1.165) is 5.56 Å². The Morgan fingerprint density at radius 1 is 1.13 bits per heavy atom. The number of hydrogen-bond acceptors (Lipinski definition) is 3. The van der Waals surface area contributed by atoms with E-state index < -0.39 is 0 Å². The lowest BCUT2D eigenvalue weighted by molar-refractivity contribution is 0.101. The van der Waals surface area contributed by atoms with Gasteiger partial charge in [-0.3, -0.25) is 4.79 Å². The second-order valence-corrected chi connectivity index (χ2v) is 5.85. The number of hydrogen-bond donors (Lipinski definition) is 0. The monoisotopic (exact) mass is 308 g/mol. The van der Waals surface area contributed by atoms with Crippen LogP contribution in [0.1, 0.15) is 48.2 Å². The van der Waals surface area contributed by atoms with Gasteiger partial charge >= 0.3 is 0 Å². The van der Waals surface area contributed by atoms with Crippen LogP contribution in [-0.2, 0) is 0 Å². The van der Waals surface area contributed by atoms with Gasteiger partial charge in [0.25, 0.3) is 0 Å². The van der Waals surface area contributed by atoms with Crippen LogP contribution in [0.3, 0.4) is 0 Å². The number of fused-ring (bicyclic) bond motifs is 1. The van der Waals surface area contributed by atoms with Crippen LogP contribution < -0.4 is 9.47 Å². The maximum absolute atomic E-state index is 12.4. The van der Waals surface area contributed by atoms with E-state index in [1.165, 1.54) is 5.56 Å². The third kappa shape index (κ3) is 3.14. The van der Waals surface area contributed by atoms with E-state index in [4.69, 9.17) is 9.47 Å². The highest BCUT2D eigenvalue weighted by Gasteiger charge is 2.27. The van der Waals surface area contributed by atoms with E-state index in [2.05, 4.69) is 26.0 Å². The van der Waals surface area contributed by atoms with Gasteiger partial charge in [0.05, 0.1) is 12.2 Å². The van der Waals surface area contributed by atoms with Crippen LogP contribution in [0.25, 0.3) is 6.08 Å². The Bertz CT molecular complexity index is 755. The van der Waals surface area contributed by atoms with E-state index >= 15 is 0 Å². The molecule has 1 aliphatic heterocycles. The molecule has 0 amide bonds. The lowest BCUT2D eigenvalue weighted by atomic mass is 10.0. The molecule has 3 nitrogen and oxygen atoms in total. The minimum atomic E-state index is -0.0871. The van der Waals surface area contributed by atoms with Crippen molar-refractivity contribution < 1.29 is 14.3 Å². The van der Waals surface area contributed by atoms with E-state index in [1.54, 1.807) is 24.3 Å². The second kappa shape index (κ2) is 6.29. The third-order valence-electron chi connectivity index (χ3n) is 3.85. The zero-order valence-electron chi connectivity index (χ0n) is 13.6. The molecule has 23 heavy (non-hydrogen) atoms. The summed E-state index contributed by atoms with van der Waals surface area (Å²) in [6, 6.07) is 13.5. The normalized spacial score (nSPS) is 15.0. The Kier molecular flexibility index (Phi) is 4.20. The van der Waals surface area contributed by atoms with Gasteiger partial charge in [0, 0.05) is 6.07 Å². The van der Waals surface area contributed by atoms with Crippen molar-refractivity contribution in [1.29, 1.82) is 0 Å². The first-order valence-electron chi connectivity index (χ1n) is 7.89. The molecule has 0 fully saturated rings. The molecule has 0 saturated carbocycles. The topological polar surface area (TPSA) is 35.5 Å². The molecule has 2 aromatic rings. The third-order valence-corrected chi connectivity index (χ3v) is 3.85. The molecule has 0 N–H and O–H groups in total. The molecule has 1 heterocycles. The van der Waals surface area contributed by atoms with Crippen LogP contribution in [0, 0.1) is 0 Å². The van der Waals surface area contributed by atoms with E-state index in [9.17, 15) is 4.79 Å². The molecule has 0 unspecified atom stereocenters. The smallest absolute Gasteiger partial charge is 0.231 e. The number of ether oxygens (including phenoxy) is 2. The first-order valence-corrected chi connectivity index (χ1v) is 7.89. The number of ketones is 1. The molecule has 1 aliphatic rings. The van der Waals surface area contributed by atoms with Crippen LogP contribution in [0.5, 0.6) is 11.5 Å². The van der Waals surface area contributed by atoms with Gasteiger partial charge < -0.3 is 9.47 Å². The summed E-state index contributed by atoms with van der Waals surface area (Å²) in [6.45, 7) is 6.82. The fourth-order valence-corrected chi connectivity index (χ4v) is 2.55. The first kappa shape index (κ1) is 15.3. The van der Waals surface area contributed by atoms with Gasteiger partial charge in [-0.15, -0.1) is 0 Å². The number of carbonyl (C=O) groups excluding carboxylic acids is 1. The summed E-state index contributed by atoms with van der Waals surface area (Å²) in [5.74, 6) is 2.02. The van der Waals surface area contributed by atoms with Crippen molar-refractivity contribution >= 4 is 11.9 Å². The Labute approximate surface area is 136 Å². The van der Waals surface area contributed by atoms with Crippen LogP contribution in [0.2, 0.25) is 0 Å². The van der Waals surface area contributed by atoms with Crippen LogP contribution in [0.4, 0.5) is 0 Å². The average Bonchev–Trinajstić information content (AvgIpc) is 2.84. The summed E-state index contributed by atoms with van der Waals surface area (Å²) in [5.41, 5.74) is 2.81. The molecule has 3 rings (SSSR count). The molecule has 0 radical (unpaired) electrons. The number of rotatable bonds is 4. The Balaban J connectivity index is 1.85. The molecule has 0 saturated heterocycles. The molecule has 0 bridgehead atoms. The van der Waals surface area contributed by atoms with Crippen LogP contribution in [-0.4, -0.2) is 12.4 Å². The molecule has 0 aromatic heterocycles. The SMILES string of the molecule is CCOc1ccc2c(c1)O/C(=C\c1ccc(C(C)C)cc1)C2=O. The van der Waals surface area contributed by atoms with Crippen molar-refractivity contribution in [3.05, 3.63) is 64.9 Å². The molecule has 0 spiro atoms.